The molecule has 4 heteroatoms. The molecule has 0 saturated heterocycles. The summed E-state index contributed by atoms with van der Waals surface area (Å²) in [4.78, 5) is 1.10. The third-order valence-corrected chi connectivity index (χ3v) is 5.88. The molecule has 0 bridgehead atoms. The van der Waals surface area contributed by atoms with Crippen LogP contribution < -0.4 is 5.32 Å². The van der Waals surface area contributed by atoms with Crippen molar-refractivity contribution in [2.24, 2.45) is 0 Å². The molecule has 2 unspecified atom stereocenters. The van der Waals surface area contributed by atoms with Crippen molar-refractivity contribution in [2.45, 2.75) is 49.3 Å². The number of hydrogen-bond donors (Lipinski definition) is 1. The molecule has 1 aromatic carbocycles. The monoisotopic (exact) mass is 306 g/mol. The molecule has 0 radical (unpaired) electrons. The number of nitrogens with zero attached hydrogens (tertiary/aromatic N) is 1. The molecule has 2 atom stereocenters. The first-order valence-electron chi connectivity index (χ1n) is 7.34. The summed E-state index contributed by atoms with van der Waals surface area (Å²) in [5.74, 6) is 2.16. The Morgan fingerprint density at radius 3 is 2.85 bits per heavy atom. The molecule has 1 aliphatic carbocycles. The van der Waals surface area contributed by atoms with E-state index in [2.05, 4.69) is 31.3 Å². The predicted molar refractivity (Wildman–Crippen MR) is 90.7 cm³/mol. The first-order valence-corrected chi connectivity index (χ1v) is 9.37. The molecule has 2 rings (SSSR count). The molecule has 1 aromatic rings. The summed E-state index contributed by atoms with van der Waals surface area (Å²) < 4.78 is 0. The smallest absolute Gasteiger partial charge is 0.102 e. The quantitative estimate of drug-likeness (QED) is 0.769. The second-order valence-corrected chi connectivity index (χ2v) is 7.72. The maximum absolute atomic E-state index is 9.46. The number of nitrogens with one attached hydrogen (secondary N) is 1. The maximum atomic E-state index is 9.46. The van der Waals surface area contributed by atoms with Gasteiger partial charge in [-0.05, 0) is 36.5 Å². The Hall–Kier alpha value is -0.790. The van der Waals surface area contributed by atoms with Gasteiger partial charge in [-0.1, -0.05) is 26.3 Å². The average molecular weight is 306 g/mol. The van der Waals surface area contributed by atoms with Crippen LogP contribution in [0.5, 0.6) is 0 Å². The molecule has 1 saturated carbocycles. The Bertz CT molecular complexity index is 482. The molecule has 1 aliphatic rings. The lowest BCUT2D eigenvalue weighted by Crippen LogP contribution is -2.26. The van der Waals surface area contributed by atoms with Crippen molar-refractivity contribution in [3.63, 3.8) is 0 Å². The van der Waals surface area contributed by atoms with Gasteiger partial charge in [-0.3, -0.25) is 0 Å². The Morgan fingerprint density at radius 2 is 2.15 bits per heavy atom. The van der Waals surface area contributed by atoms with Crippen LogP contribution in [-0.4, -0.2) is 22.8 Å². The van der Waals surface area contributed by atoms with E-state index in [0.717, 1.165) is 21.9 Å². The zero-order valence-electron chi connectivity index (χ0n) is 12.2. The molecule has 0 amide bonds. The Kier molecular flexibility index (Phi) is 6.12. The van der Waals surface area contributed by atoms with E-state index in [0.29, 0.717) is 11.3 Å². The number of anilines is 1. The van der Waals surface area contributed by atoms with Gasteiger partial charge in [0.25, 0.3) is 0 Å². The van der Waals surface area contributed by atoms with E-state index >= 15 is 0 Å². The summed E-state index contributed by atoms with van der Waals surface area (Å²) in [7, 11) is 0. The van der Waals surface area contributed by atoms with Crippen molar-refractivity contribution in [3.05, 3.63) is 23.8 Å². The number of nitriles is 1. The van der Waals surface area contributed by atoms with E-state index in [9.17, 15) is 5.26 Å². The molecule has 1 N–H and O–H groups in total. The van der Waals surface area contributed by atoms with Crippen LogP contribution in [0.15, 0.2) is 23.1 Å². The van der Waals surface area contributed by atoms with Crippen LogP contribution in [0, 0.1) is 11.3 Å². The molecule has 20 heavy (non-hydrogen) atoms. The summed E-state index contributed by atoms with van der Waals surface area (Å²) >= 11 is 3.79. The summed E-state index contributed by atoms with van der Waals surface area (Å²) in [5.41, 5.74) is 1.83. The summed E-state index contributed by atoms with van der Waals surface area (Å²) in [6.45, 7) is 4.34. The fourth-order valence-electron chi connectivity index (χ4n) is 2.75. The van der Waals surface area contributed by atoms with Crippen LogP contribution in [0.2, 0.25) is 0 Å². The van der Waals surface area contributed by atoms with Crippen LogP contribution in [0.3, 0.4) is 0 Å². The van der Waals surface area contributed by atoms with Crippen molar-refractivity contribution in [3.8, 4) is 6.07 Å². The van der Waals surface area contributed by atoms with Gasteiger partial charge in [0.05, 0.1) is 11.3 Å². The molecular formula is C16H22N2S2. The highest BCUT2D eigenvalue weighted by atomic mass is 32.2. The van der Waals surface area contributed by atoms with Gasteiger partial charge in [-0.15, -0.1) is 11.8 Å². The largest absolute Gasteiger partial charge is 0.380 e. The van der Waals surface area contributed by atoms with Gasteiger partial charge in [0, 0.05) is 16.2 Å². The van der Waals surface area contributed by atoms with Gasteiger partial charge in [0.15, 0.2) is 0 Å². The molecule has 0 spiro atoms. The number of benzene rings is 1. The van der Waals surface area contributed by atoms with Crippen molar-refractivity contribution in [2.75, 3.05) is 16.8 Å². The summed E-state index contributed by atoms with van der Waals surface area (Å²) in [6.07, 6.45) is 3.80. The van der Waals surface area contributed by atoms with E-state index < -0.39 is 0 Å². The van der Waals surface area contributed by atoms with E-state index in [-0.39, 0.29) is 0 Å². The Labute approximate surface area is 130 Å². The van der Waals surface area contributed by atoms with Gasteiger partial charge in [0.1, 0.15) is 6.07 Å². The number of rotatable bonds is 6. The maximum Gasteiger partial charge on any atom is 0.102 e. The summed E-state index contributed by atoms with van der Waals surface area (Å²) in [6, 6.07) is 9.03. The lowest BCUT2D eigenvalue weighted by Gasteiger charge is -2.22. The predicted octanol–water partition coefficient (Wildman–Crippen LogP) is 4.76. The number of hydrogen-bond acceptors (Lipinski definition) is 4. The lowest BCUT2D eigenvalue weighted by molar-refractivity contribution is 0.767. The van der Waals surface area contributed by atoms with Gasteiger partial charge < -0.3 is 5.32 Å². The fourth-order valence-corrected chi connectivity index (χ4v) is 4.73. The van der Waals surface area contributed by atoms with Crippen LogP contribution in [0.1, 0.15) is 38.7 Å². The molecule has 0 aromatic heterocycles. The van der Waals surface area contributed by atoms with Crippen molar-refractivity contribution < 1.29 is 0 Å². The van der Waals surface area contributed by atoms with E-state index in [1.165, 1.54) is 25.0 Å². The Morgan fingerprint density at radius 1 is 1.30 bits per heavy atom. The molecule has 0 heterocycles. The standard InChI is InChI=1S/C16H22N2S2/c1-3-19-15-9-5-7-13(12(15)11-17)18-14-8-6-10-16(14)20-4-2/h5,7,9,14,16,18H,3-4,6,8,10H2,1-2H3. The highest BCUT2D eigenvalue weighted by Crippen LogP contribution is 2.34. The molecule has 1 fully saturated rings. The van der Waals surface area contributed by atoms with E-state index in [1.54, 1.807) is 11.8 Å². The summed E-state index contributed by atoms with van der Waals surface area (Å²) in [5, 5.41) is 13.8. The third kappa shape index (κ3) is 3.65. The SMILES string of the molecule is CCSc1cccc(NC2CCCC2SCC)c1C#N. The minimum absolute atomic E-state index is 0.508. The highest BCUT2D eigenvalue weighted by Gasteiger charge is 2.27. The molecule has 0 aliphatic heterocycles. The second kappa shape index (κ2) is 7.85. The normalized spacial score (nSPS) is 21.6. The van der Waals surface area contributed by atoms with E-state index in [1.807, 2.05) is 23.9 Å². The molecule has 2 nitrogen and oxygen atoms in total. The van der Waals surface area contributed by atoms with Crippen LogP contribution in [0.25, 0.3) is 0 Å². The Balaban J connectivity index is 2.16. The van der Waals surface area contributed by atoms with Crippen molar-refractivity contribution in [1.29, 1.82) is 5.26 Å². The molecular weight excluding hydrogens is 284 g/mol. The molecule has 108 valence electrons. The van der Waals surface area contributed by atoms with Gasteiger partial charge in [-0.2, -0.15) is 17.0 Å². The van der Waals surface area contributed by atoms with Gasteiger partial charge in [0.2, 0.25) is 0 Å². The second-order valence-electron chi connectivity index (χ2n) is 4.90. The third-order valence-electron chi connectivity index (χ3n) is 3.61. The first-order chi connectivity index (χ1) is 9.80. The lowest BCUT2D eigenvalue weighted by atomic mass is 10.1. The van der Waals surface area contributed by atoms with Crippen LogP contribution >= 0.6 is 23.5 Å². The fraction of sp³-hybridized carbons (Fsp3) is 0.562. The number of thioether (sulfide) groups is 2. The minimum Gasteiger partial charge on any atom is -0.380 e. The van der Waals surface area contributed by atoms with E-state index in [4.69, 9.17) is 0 Å². The zero-order valence-corrected chi connectivity index (χ0v) is 13.8. The zero-order chi connectivity index (χ0) is 14.4. The minimum atomic E-state index is 0.508. The topological polar surface area (TPSA) is 35.8 Å². The first kappa shape index (κ1) is 15.6. The van der Waals surface area contributed by atoms with Crippen LogP contribution in [0.4, 0.5) is 5.69 Å². The van der Waals surface area contributed by atoms with Crippen molar-refractivity contribution >= 4 is 29.2 Å². The van der Waals surface area contributed by atoms with Crippen molar-refractivity contribution in [1.82, 2.24) is 0 Å². The highest BCUT2D eigenvalue weighted by molar-refractivity contribution is 8.00. The van der Waals surface area contributed by atoms with Gasteiger partial charge in [-0.25, -0.2) is 0 Å². The average Bonchev–Trinajstić information content (AvgIpc) is 2.87. The van der Waals surface area contributed by atoms with Gasteiger partial charge >= 0.3 is 0 Å². The van der Waals surface area contributed by atoms with Crippen LogP contribution in [-0.2, 0) is 0 Å².